The molecule has 11 heavy (non-hydrogen) atoms. The van der Waals surface area contributed by atoms with Gasteiger partial charge in [-0.1, -0.05) is 6.92 Å². The molecule has 56 valence electrons. The maximum absolute atomic E-state index is 2.63. The second-order valence-corrected chi connectivity index (χ2v) is 6.41. The van der Waals surface area contributed by atoms with Gasteiger partial charge >= 0.3 is 0 Å². The standard InChI is InChI=1S/C11H12/c1-11-8-4-2-3-5(8)7(3)10(11)9(11)6(2)4/h2-10H,1H3. The van der Waals surface area contributed by atoms with Gasteiger partial charge in [-0.25, -0.2) is 0 Å². The van der Waals surface area contributed by atoms with Crippen molar-refractivity contribution in [3.63, 3.8) is 0 Å². The van der Waals surface area contributed by atoms with Gasteiger partial charge in [-0.3, -0.25) is 0 Å². The van der Waals surface area contributed by atoms with Gasteiger partial charge in [-0.05, 0) is 58.7 Å². The van der Waals surface area contributed by atoms with Crippen LogP contribution >= 0.6 is 0 Å². The molecule has 6 aliphatic carbocycles. The van der Waals surface area contributed by atoms with Crippen molar-refractivity contribution in [3.05, 3.63) is 0 Å². The minimum absolute atomic E-state index is 0.953. The van der Waals surface area contributed by atoms with Gasteiger partial charge in [-0.2, -0.15) is 0 Å². The van der Waals surface area contributed by atoms with Crippen LogP contribution in [0.1, 0.15) is 6.92 Å². The van der Waals surface area contributed by atoms with E-state index in [1.165, 1.54) is 53.3 Å². The van der Waals surface area contributed by atoms with Gasteiger partial charge in [0.25, 0.3) is 0 Å². The fraction of sp³-hybridized carbons (Fsp3) is 1.00. The van der Waals surface area contributed by atoms with E-state index in [1.807, 2.05) is 0 Å². The average Bonchev–Trinajstić information content (AvgIpc) is 2.76. The molecule has 0 nitrogen and oxygen atoms in total. The number of fused-ring (bicyclic) bond motifs is 6. The first-order valence-corrected chi connectivity index (χ1v) is 5.37. The van der Waals surface area contributed by atoms with Crippen LogP contribution in [0.5, 0.6) is 0 Å². The van der Waals surface area contributed by atoms with Crippen LogP contribution in [0.25, 0.3) is 0 Å². The highest BCUT2D eigenvalue weighted by Gasteiger charge is 3.01. The molecule has 0 aliphatic heterocycles. The summed E-state index contributed by atoms with van der Waals surface area (Å²) in [4.78, 5) is 0. The lowest BCUT2D eigenvalue weighted by Crippen LogP contribution is -2.11. The predicted octanol–water partition coefficient (Wildman–Crippen LogP) is 1.62. The third-order valence-corrected chi connectivity index (χ3v) is 6.92. The van der Waals surface area contributed by atoms with E-state index in [0.717, 1.165) is 5.41 Å². The fourth-order valence-corrected chi connectivity index (χ4v) is 7.15. The molecular weight excluding hydrogens is 132 g/mol. The Morgan fingerprint density at radius 2 is 1.09 bits per heavy atom. The molecule has 0 aromatic carbocycles. The van der Waals surface area contributed by atoms with E-state index in [-0.39, 0.29) is 0 Å². The molecule has 6 aliphatic rings. The van der Waals surface area contributed by atoms with Crippen molar-refractivity contribution < 1.29 is 0 Å². The van der Waals surface area contributed by atoms with Crippen molar-refractivity contribution in [3.8, 4) is 0 Å². The lowest BCUT2D eigenvalue weighted by molar-refractivity contribution is 0.322. The Balaban J connectivity index is 1.87. The van der Waals surface area contributed by atoms with Crippen LogP contribution in [0, 0.1) is 58.7 Å². The largest absolute Gasteiger partial charge is 0.0588 e. The average molecular weight is 144 g/mol. The molecule has 0 saturated heterocycles. The molecule has 0 bridgehead atoms. The third kappa shape index (κ3) is 0.178. The normalized spacial score (nSPS) is 106. The van der Waals surface area contributed by atoms with Crippen LogP contribution in [-0.4, -0.2) is 0 Å². The second kappa shape index (κ2) is 0.744. The highest BCUT2D eigenvalue weighted by atomic mass is 15.1. The Kier molecular flexibility index (Phi) is 0.291. The van der Waals surface area contributed by atoms with Crippen molar-refractivity contribution in [1.82, 2.24) is 0 Å². The second-order valence-electron chi connectivity index (χ2n) is 6.41. The lowest BCUT2D eigenvalue weighted by atomic mass is 9.90. The van der Waals surface area contributed by atoms with Gasteiger partial charge in [0.15, 0.2) is 0 Å². The highest BCUT2D eigenvalue weighted by Crippen LogP contribution is 3.05. The smallest absolute Gasteiger partial charge is 0.0224 e. The summed E-state index contributed by atoms with van der Waals surface area (Å²) in [5.74, 6) is 11.7. The summed E-state index contributed by atoms with van der Waals surface area (Å²) >= 11 is 0. The topological polar surface area (TPSA) is 0 Å². The van der Waals surface area contributed by atoms with Gasteiger partial charge < -0.3 is 0 Å². The number of rotatable bonds is 0. The minimum atomic E-state index is 0.953. The van der Waals surface area contributed by atoms with Gasteiger partial charge in [0, 0.05) is 0 Å². The van der Waals surface area contributed by atoms with Crippen molar-refractivity contribution >= 4 is 0 Å². The van der Waals surface area contributed by atoms with Crippen molar-refractivity contribution in [2.45, 2.75) is 6.92 Å². The van der Waals surface area contributed by atoms with Gasteiger partial charge in [0.1, 0.15) is 0 Å². The quantitative estimate of drug-likeness (QED) is 0.484. The van der Waals surface area contributed by atoms with E-state index < -0.39 is 0 Å². The third-order valence-electron chi connectivity index (χ3n) is 6.92. The molecule has 6 saturated carbocycles. The van der Waals surface area contributed by atoms with E-state index in [1.54, 1.807) is 0 Å². The number of hydrogen-bond acceptors (Lipinski definition) is 0. The summed E-state index contributed by atoms with van der Waals surface area (Å²) in [5, 5.41) is 0. The molecule has 0 amide bonds. The van der Waals surface area contributed by atoms with Crippen LogP contribution in [0.3, 0.4) is 0 Å². The summed E-state index contributed by atoms with van der Waals surface area (Å²) < 4.78 is 0. The van der Waals surface area contributed by atoms with Crippen LogP contribution < -0.4 is 0 Å². The van der Waals surface area contributed by atoms with Crippen LogP contribution in [0.4, 0.5) is 0 Å². The van der Waals surface area contributed by atoms with Crippen molar-refractivity contribution in [1.29, 1.82) is 0 Å². The molecule has 0 radical (unpaired) electrons. The molecule has 0 aromatic heterocycles. The Bertz CT molecular complexity index is 295. The Morgan fingerprint density at radius 1 is 0.636 bits per heavy atom. The summed E-state index contributed by atoms with van der Waals surface area (Å²) in [5.41, 5.74) is 0.953. The fourth-order valence-electron chi connectivity index (χ4n) is 7.15. The summed E-state index contributed by atoms with van der Waals surface area (Å²) in [6.07, 6.45) is 0. The lowest BCUT2D eigenvalue weighted by Gasteiger charge is -2.15. The molecule has 0 heterocycles. The Morgan fingerprint density at radius 3 is 1.64 bits per heavy atom. The molecule has 6 fully saturated rings. The van der Waals surface area contributed by atoms with E-state index in [0.29, 0.717) is 0 Å². The zero-order valence-electron chi connectivity index (χ0n) is 6.70. The molecule has 6 rings (SSSR count). The Labute approximate surface area is 66.4 Å². The van der Waals surface area contributed by atoms with E-state index in [9.17, 15) is 0 Å². The minimum Gasteiger partial charge on any atom is -0.0588 e. The maximum Gasteiger partial charge on any atom is -0.0224 e. The monoisotopic (exact) mass is 144 g/mol. The Hall–Kier alpha value is 0. The predicted molar refractivity (Wildman–Crippen MR) is 39.5 cm³/mol. The first-order chi connectivity index (χ1) is 5.37. The SMILES string of the molecule is CC12C3C4C5C6C3C6C1C2C54. The molecule has 0 N–H and O–H groups in total. The molecular formula is C11H12. The molecule has 0 spiro atoms. The molecule has 0 aromatic rings. The van der Waals surface area contributed by atoms with Crippen molar-refractivity contribution in [2.24, 2.45) is 58.7 Å². The molecule has 8 unspecified atom stereocenters. The first kappa shape index (κ1) is 4.30. The van der Waals surface area contributed by atoms with Crippen LogP contribution in [0.2, 0.25) is 0 Å². The van der Waals surface area contributed by atoms with Gasteiger partial charge in [0.05, 0.1) is 0 Å². The highest BCUT2D eigenvalue weighted by molar-refractivity contribution is 5.48. The van der Waals surface area contributed by atoms with Gasteiger partial charge in [-0.15, -0.1) is 0 Å². The first-order valence-electron chi connectivity index (χ1n) is 5.37. The molecule has 8 atom stereocenters. The molecule has 0 heteroatoms. The summed E-state index contributed by atoms with van der Waals surface area (Å²) in [6.45, 7) is 2.63. The zero-order chi connectivity index (χ0) is 6.70. The zero-order valence-corrected chi connectivity index (χ0v) is 6.70. The summed E-state index contributed by atoms with van der Waals surface area (Å²) in [7, 11) is 0. The van der Waals surface area contributed by atoms with Gasteiger partial charge in [0.2, 0.25) is 0 Å². The van der Waals surface area contributed by atoms with E-state index in [2.05, 4.69) is 6.92 Å². The summed E-state index contributed by atoms with van der Waals surface area (Å²) in [6, 6.07) is 0. The maximum atomic E-state index is 2.63. The van der Waals surface area contributed by atoms with Crippen molar-refractivity contribution in [2.75, 3.05) is 0 Å². The number of hydrogen-bond donors (Lipinski definition) is 0. The van der Waals surface area contributed by atoms with E-state index in [4.69, 9.17) is 0 Å². The van der Waals surface area contributed by atoms with Crippen LogP contribution in [-0.2, 0) is 0 Å². The van der Waals surface area contributed by atoms with Crippen LogP contribution in [0.15, 0.2) is 0 Å². The van der Waals surface area contributed by atoms with E-state index >= 15 is 0 Å².